The van der Waals surface area contributed by atoms with Gasteiger partial charge in [0, 0.05) is 23.7 Å². The van der Waals surface area contributed by atoms with E-state index in [0.717, 1.165) is 15.7 Å². The summed E-state index contributed by atoms with van der Waals surface area (Å²) in [5.74, 6) is -0.0996. The van der Waals surface area contributed by atoms with Crippen molar-refractivity contribution in [2.45, 2.75) is 31.8 Å². The number of benzene rings is 2. The molecule has 2 aromatic carbocycles. The molecule has 203 valence electrons. The quantitative estimate of drug-likeness (QED) is 0.372. The van der Waals surface area contributed by atoms with Gasteiger partial charge in [0.1, 0.15) is 12.9 Å². The third-order valence-corrected chi connectivity index (χ3v) is 6.46. The normalized spacial score (nSPS) is 14.6. The van der Waals surface area contributed by atoms with Gasteiger partial charge in [-0.2, -0.15) is 13.2 Å². The summed E-state index contributed by atoms with van der Waals surface area (Å²) < 4.78 is 42.4. The Morgan fingerprint density at radius 1 is 1.10 bits per heavy atom. The van der Waals surface area contributed by atoms with E-state index in [2.05, 4.69) is 15.2 Å². The van der Waals surface area contributed by atoms with Crippen molar-refractivity contribution in [3.8, 4) is 17.1 Å². The van der Waals surface area contributed by atoms with E-state index in [0.29, 0.717) is 34.9 Å². The summed E-state index contributed by atoms with van der Waals surface area (Å²) in [5.41, 5.74) is 0.355. The molecule has 1 N–H and O–H groups in total. The summed E-state index contributed by atoms with van der Waals surface area (Å²) in [7, 11) is 0. The van der Waals surface area contributed by atoms with Gasteiger partial charge >= 0.3 is 11.9 Å². The molecule has 0 aliphatic carbocycles. The Morgan fingerprint density at radius 3 is 2.54 bits per heavy atom. The summed E-state index contributed by atoms with van der Waals surface area (Å²) in [6.45, 7) is -0.134. The first kappa shape index (κ1) is 26.6. The number of carbonyl (C=O) groups excluding carboxylic acids is 1. The van der Waals surface area contributed by atoms with Crippen LogP contribution >= 0.6 is 11.6 Å². The number of halogens is 4. The van der Waals surface area contributed by atoms with Crippen LogP contribution in [0.5, 0.6) is 0 Å². The maximum atomic E-state index is 13.1. The van der Waals surface area contributed by atoms with E-state index in [-0.39, 0.29) is 24.1 Å². The molecule has 1 radical (unpaired) electrons. The minimum atomic E-state index is -4.93. The Balaban J connectivity index is 1.46. The molecule has 1 amide bonds. The number of nitrogens with zero attached hydrogens (tertiary/aromatic N) is 7. The van der Waals surface area contributed by atoms with Crippen LogP contribution in [0.2, 0.25) is 5.02 Å². The zero-order valence-electron chi connectivity index (χ0n) is 20.3. The molecule has 1 saturated heterocycles. The number of rotatable bonds is 7. The average Bonchev–Trinajstić information content (AvgIpc) is 3.67. The fraction of sp³-hybridized carbons (Fsp3) is 0.280. The van der Waals surface area contributed by atoms with Crippen molar-refractivity contribution in [2.75, 3.05) is 13.1 Å². The summed E-state index contributed by atoms with van der Waals surface area (Å²) in [6.07, 6.45) is -3.49. The van der Waals surface area contributed by atoms with Crippen molar-refractivity contribution in [1.82, 2.24) is 34.0 Å². The van der Waals surface area contributed by atoms with Crippen LogP contribution in [0, 0.1) is 6.42 Å². The number of hydrogen-bond acceptors (Lipinski definition) is 6. The first-order chi connectivity index (χ1) is 18.6. The SMILES string of the molecule is O=C(c1ccccc1-n1cnc(Cn2nc(-c3ccc(Cl)cc3)n(C[C@H](O)C(F)(F)F)c2=O)n1)N1C[CH]CC1. The largest absolute Gasteiger partial charge is 0.416 e. The van der Waals surface area contributed by atoms with E-state index in [4.69, 9.17) is 11.6 Å². The molecule has 0 spiro atoms. The number of alkyl halides is 3. The summed E-state index contributed by atoms with van der Waals surface area (Å²) in [6, 6.07) is 12.9. The molecule has 39 heavy (non-hydrogen) atoms. The Hall–Kier alpha value is -3.97. The van der Waals surface area contributed by atoms with Crippen LogP contribution in [0.3, 0.4) is 0 Å². The van der Waals surface area contributed by atoms with Crippen molar-refractivity contribution < 1.29 is 23.1 Å². The fourth-order valence-electron chi connectivity index (χ4n) is 4.21. The molecule has 1 atom stereocenters. The second-order valence-corrected chi connectivity index (χ2v) is 9.33. The van der Waals surface area contributed by atoms with E-state index in [1.807, 2.05) is 6.42 Å². The maximum Gasteiger partial charge on any atom is 0.416 e. The highest BCUT2D eigenvalue weighted by Crippen LogP contribution is 2.24. The molecule has 14 heteroatoms. The second-order valence-electron chi connectivity index (χ2n) is 8.89. The number of aliphatic hydroxyl groups excluding tert-OH is 1. The van der Waals surface area contributed by atoms with Crippen molar-refractivity contribution in [2.24, 2.45) is 0 Å². The number of hydrogen-bond donors (Lipinski definition) is 1. The number of carbonyl (C=O) groups is 1. The Bertz CT molecular complexity index is 1540. The molecular formula is C25H22ClF3N7O3. The first-order valence-corrected chi connectivity index (χ1v) is 12.3. The van der Waals surface area contributed by atoms with Gasteiger partial charge in [-0.05, 0) is 49.2 Å². The number of aromatic nitrogens is 6. The topological polar surface area (TPSA) is 111 Å². The molecule has 0 saturated carbocycles. The van der Waals surface area contributed by atoms with Crippen LogP contribution in [-0.2, 0) is 13.1 Å². The van der Waals surface area contributed by atoms with Crippen molar-refractivity contribution in [3.05, 3.63) is 88.2 Å². The molecule has 4 aromatic rings. The van der Waals surface area contributed by atoms with Gasteiger partial charge in [-0.15, -0.1) is 10.2 Å². The number of para-hydroxylation sites is 1. The van der Waals surface area contributed by atoms with E-state index < -0.39 is 24.5 Å². The summed E-state index contributed by atoms with van der Waals surface area (Å²) in [5, 5.41) is 18.6. The van der Waals surface area contributed by atoms with Gasteiger partial charge in [0.05, 0.1) is 17.8 Å². The molecule has 3 heterocycles. The van der Waals surface area contributed by atoms with Crippen LogP contribution in [0.1, 0.15) is 22.6 Å². The molecule has 1 aliphatic heterocycles. The van der Waals surface area contributed by atoms with Crippen LogP contribution < -0.4 is 5.69 Å². The fourth-order valence-corrected chi connectivity index (χ4v) is 4.34. The van der Waals surface area contributed by atoms with E-state index >= 15 is 0 Å². The molecule has 2 aromatic heterocycles. The summed E-state index contributed by atoms with van der Waals surface area (Å²) in [4.78, 5) is 32.1. The highest BCUT2D eigenvalue weighted by Gasteiger charge is 2.39. The smallest absolute Gasteiger partial charge is 0.382 e. The minimum absolute atomic E-state index is 0.0854. The van der Waals surface area contributed by atoms with Gasteiger partial charge < -0.3 is 10.0 Å². The number of aliphatic hydroxyl groups is 1. The summed E-state index contributed by atoms with van der Waals surface area (Å²) >= 11 is 5.92. The Morgan fingerprint density at radius 2 is 1.85 bits per heavy atom. The van der Waals surface area contributed by atoms with Crippen molar-refractivity contribution in [3.63, 3.8) is 0 Å². The van der Waals surface area contributed by atoms with Gasteiger partial charge in [-0.1, -0.05) is 23.7 Å². The maximum absolute atomic E-state index is 13.1. The average molecular weight is 561 g/mol. The molecule has 1 fully saturated rings. The Labute approximate surface area is 224 Å². The van der Waals surface area contributed by atoms with E-state index in [9.17, 15) is 27.9 Å². The zero-order chi connectivity index (χ0) is 27.7. The minimum Gasteiger partial charge on any atom is -0.382 e. The third-order valence-electron chi connectivity index (χ3n) is 6.21. The molecule has 0 unspecified atom stereocenters. The lowest BCUT2D eigenvalue weighted by Gasteiger charge is -2.17. The predicted octanol–water partition coefficient (Wildman–Crippen LogP) is 2.97. The van der Waals surface area contributed by atoms with Crippen LogP contribution in [0.25, 0.3) is 17.1 Å². The zero-order valence-corrected chi connectivity index (χ0v) is 21.0. The molecule has 5 rings (SSSR count). The highest BCUT2D eigenvalue weighted by molar-refractivity contribution is 6.30. The molecular weight excluding hydrogens is 539 g/mol. The molecule has 0 bridgehead atoms. The molecule has 1 aliphatic rings. The van der Waals surface area contributed by atoms with E-state index in [1.165, 1.54) is 35.3 Å². The van der Waals surface area contributed by atoms with Gasteiger partial charge in [-0.25, -0.2) is 19.1 Å². The van der Waals surface area contributed by atoms with Crippen LogP contribution in [0.15, 0.2) is 59.7 Å². The predicted molar refractivity (Wildman–Crippen MR) is 134 cm³/mol. The second kappa shape index (κ2) is 10.7. The lowest BCUT2D eigenvalue weighted by Crippen LogP contribution is -2.37. The number of amides is 1. The monoisotopic (exact) mass is 560 g/mol. The van der Waals surface area contributed by atoms with Gasteiger partial charge in [0.25, 0.3) is 5.91 Å². The standard InChI is InChI=1S/C25H22ClF3N7O3/c26-17-9-7-16(8-10-17)22-32-35(24(39)34(22)13-20(37)25(27,28)29)14-21-30-15-36(31-21)19-6-2-1-5-18(19)23(38)33-11-3-4-12-33/h1-3,5-10,15,20,37H,4,11-14H2/t20-/m0/s1. The third kappa shape index (κ3) is 5.59. The highest BCUT2D eigenvalue weighted by atomic mass is 35.5. The first-order valence-electron chi connectivity index (χ1n) is 11.9. The van der Waals surface area contributed by atoms with Crippen LogP contribution in [-0.4, -0.2) is 70.4 Å². The lowest BCUT2D eigenvalue weighted by molar-refractivity contribution is -0.207. The van der Waals surface area contributed by atoms with Crippen LogP contribution in [0.4, 0.5) is 13.2 Å². The Kier molecular flexibility index (Phi) is 7.28. The van der Waals surface area contributed by atoms with Crippen molar-refractivity contribution >= 4 is 17.5 Å². The number of likely N-dealkylation sites (tertiary alicyclic amines) is 1. The van der Waals surface area contributed by atoms with Gasteiger partial charge in [0.15, 0.2) is 17.8 Å². The molecule has 10 nitrogen and oxygen atoms in total. The lowest BCUT2D eigenvalue weighted by atomic mass is 10.1. The van der Waals surface area contributed by atoms with Crippen molar-refractivity contribution in [1.29, 1.82) is 0 Å². The van der Waals surface area contributed by atoms with E-state index in [1.54, 1.807) is 29.2 Å². The van der Waals surface area contributed by atoms with Gasteiger partial charge in [0.2, 0.25) is 0 Å². The van der Waals surface area contributed by atoms with Gasteiger partial charge in [-0.3, -0.25) is 9.36 Å².